The zero-order valence-corrected chi connectivity index (χ0v) is 11.1. The number of hydrogen-bond acceptors (Lipinski definition) is 3. The number of halogens is 5. The second-order valence-electron chi connectivity index (χ2n) is 3.92. The van der Waals surface area contributed by atoms with Crippen LogP contribution in [0.1, 0.15) is 0 Å². The third-order valence-corrected chi connectivity index (χ3v) is 2.94. The first kappa shape index (κ1) is 15.1. The number of rotatable bonds is 3. The summed E-state index contributed by atoms with van der Waals surface area (Å²) in [6.07, 6.45) is 0. The molecule has 0 unspecified atom stereocenters. The molecule has 0 aliphatic heterocycles. The summed E-state index contributed by atoms with van der Waals surface area (Å²) in [5.41, 5.74) is 0. The standard InChI is InChI=1S/C13H9F5O3/c1-19-11-5-4(7(15)13(21-3)10(11)18)6(14)9(17)12(20-2)8(5)16/h1-3H3. The third kappa shape index (κ3) is 1.93. The van der Waals surface area contributed by atoms with E-state index < -0.39 is 57.1 Å². The van der Waals surface area contributed by atoms with Gasteiger partial charge in [0.1, 0.15) is 0 Å². The minimum absolute atomic E-state index is 0.821. The summed E-state index contributed by atoms with van der Waals surface area (Å²) in [4.78, 5) is 0. The molecule has 0 saturated heterocycles. The highest BCUT2D eigenvalue weighted by Gasteiger charge is 2.31. The highest BCUT2D eigenvalue weighted by Crippen LogP contribution is 2.44. The Hall–Kier alpha value is -2.25. The monoisotopic (exact) mass is 308 g/mol. The lowest BCUT2D eigenvalue weighted by atomic mass is 10.1. The van der Waals surface area contributed by atoms with Gasteiger partial charge in [-0.05, 0) is 0 Å². The van der Waals surface area contributed by atoms with Crippen molar-refractivity contribution in [2.24, 2.45) is 0 Å². The molecule has 2 aromatic rings. The Morgan fingerprint density at radius 1 is 0.476 bits per heavy atom. The van der Waals surface area contributed by atoms with Gasteiger partial charge in [-0.1, -0.05) is 0 Å². The molecule has 0 aromatic heterocycles. The Bertz CT molecular complexity index is 730. The Morgan fingerprint density at radius 2 is 0.905 bits per heavy atom. The van der Waals surface area contributed by atoms with E-state index in [1.54, 1.807) is 0 Å². The quantitative estimate of drug-likeness (QED) is 0.641. The molecule has 0 spiro atoms. The molecular formula is C13H9F5O3. The normalized spacial score (nSPS) is 10.9. The topological polar surface area (TPSA) is 27.7 Å². The van der Waals surface area contributed by atoms with Crippen molar-refractivity contribution in [1.82, 2.24) is 0 Å². The van der Waals surface area contributed by atoms with Crippen LogP contribution in [0.15, 0.2) is 0 Å². The van der Waals surface area contributed by atoms with Crippen LogP contribution in [-0.4, -0.2) is 21.3 Å². The first-order chi connectivity index (χ1) is 9.90. The van der Waals surface area contributed by atoms with E-state index in [0.717, 1.165) is 21.3 Å². The molecule has 0 N–H and O–H groups in total. The summed E-state index contributed by atoms with van der Waals surface area (Å²) in [6.45, 7) is 0. The van der Waals surface area contributed by atoms with Crippen molar-refractivity contribution in [1.29, 1.82) is 0 Å². The van der Waals surface area contributed by atoms with Crippen LogP contribution in [0.3, 0.4) is 0 Å². The lowest BCUT2D eigenvalue weighted by Crippen LogP contribution is -2.05. The van der Waals surface area contributed by atoms with E-state index in [2.05, 4.69) is 14.2 Å². The van der Waals surface area contributed by atoms with Crippen molar-refractivity contribution < 1.29 is 36.2 Å². The average Bonchev–Trinajstić information content (AvgIpc) is 2.45. The Labute approximate surface area is 115 Å². The number of benzene rings is 2. The van der Waals surface area contributed by atoms with Gasteiger partial charge < -0.3 is 14.2 Å². The van der Waals surface area contributed by atoms with E-state index >= 15 is 0 Å². The predicted molar refractivity (Wildman–Crippen MR) is 63.4 cm³/mol. The smallest absolute Gasteiger partial charge is 0.210 e. The Morgan fingerprint density at radius 3 is 1.38 bits per heavy atom. The summed E-state index contributed by atoms with van der Waals surface area (Å²) in [5, 5.41) is -2.04. The first-order valence-corrected chi connectivity index (χ1v) is 5.53. The van der Waals surface area contributed by atoms with E-state index in [1.807, 2.05) is 0 Å². The fourth-order valence-electron chi connectivity index (χ4n) is 2.03. The van der Waals surface area contributed by atoms with E-state index in [9.17, 15) is 22.0 Å². The molecule has 3 nitrogen and oxygen atoms in total. The lowest BCUT2D eigenvalue weighted by molar-refractivity contribution is 0.331. The summed E-state index contributed by atoms with van der Waals surface area (Å²) in [6, 6.07) is 0. The van der Waals surface area contributed by atoms with Crippen molar-refractivity contribution in [3.63, 3.8) is 0 Å². The Balaban J connectivity index is 3.17. The zero-order chi connectivity index (χ0) is 15.9. The van der Waals surface area contributed by atoms with Crippen LogP contribution in [-0.2, 0) is 0 Å². The zero-order valence-electron chi connectivity index (χ0n) is 11.1. The molecule has 0 saturated carbocycles. The summed E-state index contributed by atoms with van der Waals surface area (Å²) < 4.78 is 83.3. The van der Waals surface area contributed by atoms with Crippen molar-refractivity contribution in [2.45, 2.75) is 0 Å². The van der Waals surface area contributed by atoms with Gasteiger partial charge in [-0.15, -0.1) is 0 Å². The molecule has 8 heteroatoms. The fraction of sp³-hybridized carbons (Fsp3) is 0.231. The molecule has 0 heterocycles. The van der Waals surface area contributed by atoms with Crippen LogP contribution in [0.25, 0.3) is 10.8 Å². The summed E-state index contributed by atoms with van der Waals surface area (Å²) >= 11 is 0. The van der Waals surface area contributed by atoms with Gasteiger partial charge in [0.15, 0.2) is 34.7 Å². The van der Waals surface area contributed by atoms with Crippen LogP contribution in [0, 0.1) is 29.1 Å². The number of methoxy groups -OCH3 is 3. The summed E-state index contributed by atoms with van der Waals surface area (Å²) in [5.74, 6) is -10.9. The van der Waals surface area contributed by atoms with Gasteiger partial charge in [0.05, 0.1) is 32.1 Å². The Kier molecular flexibility index (Phi) is 3.80. The number of ether oxygens (including phenoxy) is 3. The van der Waals surface area contributed by atoms with Crippen LogP contribution in [0.2, 0.25) is 0 Å². The van der Waals surface area contributed by atoms with Gasteiger partial charge in [0, 0.05) is 0 Å². The summed E-state index contributed by atoms with van der Waals surface area (Å²) in [7, 11) is 2.76. The molecule has 114 valence electrons. The highest BCUT2D eigenvalue weighted by atomic mass is 19.2. The lowest BCUT2D eigenvalue weighted by Gasteiger charge is -2.15. The molecule has 0 bridgehead atoms. The van der Waals surface area contributed by atoms with Crippen LogP contribution >= 0.6 is 0 Å². The van der Waals surface area contributed by atoms with Gasteiger partial charge in [0.25, 0.3) is 0 Å². The van der Waals surface area contributed by atoms with Crippen molar-refractivity contribution in [2.75, 3.05) is 21.3 Å². The van der Waals surface area contributed by atoms with Gasteiger partial charge in [0.2, 0.25) is 11.6 Å². The number of hydrogen-bond donors (Lipinski definition) is 0. The second kappa shape index (κ2) is 5.27. The van der Waals surface area contributed by atoms with Gasteiger partial charge >= 0.3 is 0 Å². The van der Waals surface area contributed by atoms with Crippen molar-refractivity contribution in [3.8, 4) is 17.2 Å². The van der Waals surface area contributed by atoms with Crippen molar-refractivity contribution >= 4 is 10.8 Å². The maximum absolute atomic E-state index is 14.2. The van der Waals surface area contributed by atoms with E-state index in [-0.39, 0.29) is 0 Å². The first-order valence-electron chi connectivity index (χ1n) is 5.53. The van der Waals surface area contributed by atoms with Crippen molar-refractivity contribution in [3.05, 3.63) is 29.1 Å². The van der Waals surface area contributed by atoms with E-state index in [0.29, 0.717) is 0 Å². The van der Waals surface area contributed by atoms with Gasteiger partial charge in [-0.2, -0.15) is 8.78 Å². The maximum atomic E-state index is 14.2. The number of fused-ring (bicyclic) bond motifs is 1. The van der Waals surface area contributed by atoms with Crippen LogP contribution < -0.4 is 14.2 Å². The fourth-order valence-corrected chi connectivity index (χ4v) is 2.03. The molecule has 21 heavy (non-hydrogen) atoms. The minimum atomic E-state index is -1.74. The van der Waals surface area contributed by atoms with E-state index in [1.165, 1.54) is 0 Å². The highest BCUT2D eigenvalue weighted by molar-refractivity contribution is 5.93. The predicted octanol–water partition coefficient (Wildman–Crippen LogP) is 3.56. The molecule has 0 radical (unpaired) electrons. The average molecular weight is 308 g/mol. The third-order valence-electron chi connectivity index (χ3n) is 2.94. The molecule has 0 atom stereocenters. The van der Waals surface area contributed by atoms with Gasteiger partial charge in [-0.3, -0.25) is 0 Å². The SMILES string of the molecule is COc1c(F)c(OC)c2c(F)c(OC)c(F)c(F)c2c1F. The molecular weight excluding hydrogens is 299 g/mol. The molecule has 0 aliphatic rings. The molecule has 2 aromatic carbocycles. The molecule has 2 rings (SSSR count). The van der Waals surface area contributed by atoms with Gasteiger partial charge in [-0.25, -0.2) is 13.2 Å². The maximum Gasteiger partial charge on any atom is 0.210 e. The molecule has 0 aliphatic carbocycles. The van der Waals surface area contributed by atoms with Crippen LogP contribution in [0.5, 0.6) is 17.2 Å². The second-order valence-corrected chi connectivity index (χ2v) is 3.92. The van der Waals surface area contributed by atoms with E-state index in [4.69, 9.17) is 0 Å². The van der Waals surface area contributed by atoms with Crippen LogP contribution in [0.4, 0.5) is 22.0 Å². The minimum Gasteiger partial charge on any atom is -0.493 e. The molecule has 0 fully saturated rings. The molecule has 0 amide bonds. The largest absolute Gasteiger partial charge is 0.493 e.